The average Bonchev–Trinajstić information content (AvgIpc) is 4.04. The van der Waals surface area contributed by atoms with Gasteiger partial charge in [-0.3, -0.25) is 28.7 Å². The van der Waals surface area contributed by atoms with E-state index in [1.54, 1.807) is 56.0 Å². The van der Waals surface area contributed by atoms with Gasteiger partial charge in [0.1, 0.15) is 28.6 Å². The highest BCUT2D eigenvalue weighted by Gasteiger charge is 2.63. The van der Waals surface area contributed by atoms with Crippen molar-refractivity contribution in [2.24, 2.45) is 23.7 Å². The van der Waals surface area contributed by atoms with Crippen LogP contribution in [0.3, 0.4) is 0 Å². The normalized spacial score (nSPS) is 28.8. The van der Waals surface area contributed by atoms with Crippen molar-refractivity contribution in [2.75, 3.05) is 19.6 Å². The monoisotopic (exact) mass is 789 g/mol. The number of fused-ring (bicyclic) bond motifs is 4. The maximum absolute atomic E-state index is 14.7. The first-order valence-electron chi connectivity index (χ1n) is 19.7. The molecule has 3 aliphatic heterocycles. The van der Waals surface area contributed by atoms with Crippen LogP contribution in [0.2, 0.25) is 0 Å². The SMILES string of the molecule is CC(C)(C)OC(=O)C[C@H]1CCCCC/C=C\[C@@H]2C[C@@]2(C(=O)NS(=O)(=O)C2CC2)NC(=O)[C@@H]2[C@H]3CN(C(=O)c4cccc(-c5ccc(O)cc5)n4)C[C@H]3CN2C1=O. The molecule has 2 aromatic rings. The highest BCUT2D eigenvalue weighted by Crippen LogP contribution is 2.47. The molecule has 4 heterocycles. The molecule has 15 heteroatoms. The Bertz CT molecular complexity index is 2030. The predicted molar refractivity (Wildman–Crippen MR) is 205 cm³/mol. The molecule has 4 fully saturated rings. The Morgan fingerprint density at radius 3 is 2.46 bits per heavy atom. The Morgan fingerprint density at radius 1 is 1.00 bits per heavy atom. The molecule has 2 aliphatic carbocycles. The molecular formula is C41H51N5O9S. The summed E-state index contributed by atoms with van der Waals surface area (Å²) >= 11 is 0. The predicted octanol–water partition coefficient (Wildman–Crippen LogP) is 3.70. The minimum atomic E-state index is -3.91. The number of hydrogen-bond donors (Lipinski definition) is 3. The number of phenols is 1. The Kier molecular flexibility index (Phi) is 10.8. The van der Waals surface area contributed by atoms with E-state index in [2.05, 4.69) is 15.0 Å². The number of amides is 4. The third-order valence-corrected chi connectivity index (χ3v) is 13.4. The van der Waals surface area contributed by atoms with E-state index in [0.717, 1.165) is 12.8 Å². The van der Waals surface area contributed by atoms with Crippen LogP contribution in [-0.4, -0.2) is 100.0 Å². The molecule has 0 unspecified atom stereocenters. The first-order valence-corrected chi connectivity index (χ1v) is 21.2. The Hall–Kier alpha value is -4.79. The topological polar surface area (TPSA) is 192 Å². The number of benzene rings is 1. The summed E-state index contributed by atoms with van der Waals surface area (Å²) in [5.74, 6) is -4.51. The number of nitrogens with one attached hydrogen (secondary N) is 2. The molecule has 0 radical (unpaired) electrons. The maximum atomic E-state index is 14.7. The lowest BCUT2D eigenvalue weighted by molar-refractivity contribution is -0.159. The van der Waals surface area contributed by atoms with Gasteiger partial charge in [-0.05, 0) is 95.7 Å². The number of carbonyl (C=O) groups excluding carboxylic acids is 5. The Labute approximate surface area is 327 Å². The van der Waals surface area contributed by atoms with Crippen molar-refractivity contribution >= 4 is 39.6 Å². The summed E-state index contributed by atoms with van der Waals surface area (Å²) in [5, 5.41) is 12.0. The van der Waals surface area contributed by atoms with Crippen LogP contribution in [0, 0.1) is 23.7 Å². The number of likely N-dealkylation sites (tertiary alicyclic amines) is 1. The van der Waals surface area contributed by atoms with Crippen LogP contribution in [0.5, 0.6) is 5.75 Å². The summed E-state index contributed by atoms with van der Waals surface area (Å²) in [7, 11) is -3.91. The summed E-state index contributed by atoms with van der Waals surface area (Å²) in [4.78, 5) is 78.0. The second-order valence-electron chi connectivity index (χ2n) is 17.0. The number of aromatic hydroxyl groups is 1. The zero-order valence-electron chi connectivity index (χ0n) is 32.1. The number of ether oxygens (including phenoxy) is 1. The average molecular weight is 790 g/mol. The van der Waals surface area contributed by atoms with E-state index in [1.165, 1.54) is 17.0 Å². The largest absolute Gasteiger partial charge is 0.508 e. The fourth-order valence-corrected chi connectivity index (χ4v) is 9.83. The van der Waals surface area contributed by atoms with Gasteiger partial charge in [0.15, 0.2) is 0 Å². The van der Waals surface area contributed by atoms with E-state index in [1.807, 2.05) is 12.2 Å². The number of esters is 1. The van der Waals surface area contributed by atoms with Gasteiger partial charge in [0.05, 0.1) is 17.4 Å². The van der Waals surface area contributed by atoms with Crippen LogP contribution < -0.4 is 10.0 Å². The van der Waals surface area contributed by atoms with Crippen LogP contribution in [0.4, 0.5) is 0 Å². The van der Waals surface area contributed by atoms with Crippen LogP contribution in [-0.2, 0) is 33.9 Å². The van der Waals surface area contributed by atoms with Gasteiger partial charge < -0.3 is 25.0 Å². The maximum Gasteiger partial charge on any atom is 0.307 e. The van der Waals surface area contributed by atoms with Crippen molar-refractivity contribution in [1.29, 1.82) is 0 Å². The second-order valence-corrected chi connectivity index (χ2v) is 19.0. The van der Waals surface area contributed by atoms with E-state index < -0.39 is 68.0 Å². The number of aromatic nitrogens is 1. The van der Waals surface area contributed by atoms with Crippen LogP contribution in [0.25, 0.3) is 11.3 Å². The molecule has 14 nitrogen and oxygen atoms in total. The molecular weight excluding hydrogens is 739 g/mol. The summed E-state index contributed by atoms with van der Waals surface area (Å²) in [6, 6.07) is 10.5. The lowest BCUT2D eigenvalue weighted by atomic mass is 9.92. The standard InChI is InChI=1S/C41H51N5O9S/c1-40(2,3)55-34(48)20-26-10-7-5-4-6-8-11-28-21-41(28,39(52)44-56(53,54)30-18-19-30)43-36(49)35-31-24-45(22-27(31)23-46(35)37(26)50)38(51)33-13-9-12-32(42-33)25-14-16-29(47)17-15-25/h8-9,11-17,26-28,30-31,35,47H,4-7,10,18-24H2,1-3H3,(H,43,49)(H,44,52)/b11-8-/t26-,27+,28-,31+,35+,41-/m1/s1. The Morgan fingerprint density at radius 2 is 1.75 bits per heavy atom. The highest BCUT2D eigenvalue weighted by molar-refractivity contribution is 7.91. The first kappa shape index (κ1) is 39.4. The minimum Gasteiger partial charge on any atom is -0.508 e. The summed E-state index contributed by atoms with van der Waals surface area (Å²) in [5.41, 5.74) is -0.812. The lowest BCUT2D eigenvalue weighted by Crippen LogP contribution is -2.58. The molecule has 0 bridgehead atoms. The molecule has 4 amide bonds. The molecule has 300 valence electrons. The highest BCUT2D eigenvalue weighted by atomic mass is 32.2. The molecule has 0 spiro atoms. The van der Waals surface area contributed by atoms with Crippen LogP contribution in [0.1, 0.15) is 89.0 Å². The smallest absolute Gasteiger partial charge is 0.307 e. The fourth-order valence-electron chi connectivity index (χ4n) is 8.46. The van der Waals surface area contributed by atoms with Gasteiger partial charge in [-0.2, -0.15) is 0 Å². The second kappa shape index (κ2) is 15.3. The fraction of sp³-hybridized carbons (Fsp3) is 0.561. The summed E-state index contributed by atoms with van der Waals surface area (Å²) < 4.78 is 33.6. The summed E-state index contributed by atoms with van der Waals surface area (Å²) in [6.45, 7) is 5.81. The molecule has 6 atom stereocenters. The van der Waals surface area contributed by atoms with Gasteiger partial charge in [0.25, 0.3) is 11.8 Å². The van der Waals surface area contributed by atoms with Crippen LogP contribution >= 0.6 is 0 Å². The number of allylic oxidation sites excluding steroid dienone is 1. The molecule has 7 rings (SSSR count). The zero-order chi connectivity index (χ0) is 40.0. The molecule has 56 heavy (non-hydrogen) atoms. The number of sulfonamides is 1. The number of nitrogens with zero attached hydrogens (tertiary/aromatic N) is 3. The first-order chi connectivity index (χ1) is 26.5. The van der Waals surface area contributed by atoms with E-state index in [-0.39, 0.29) is 61.7 Å². The number of hydrogen-bond acceptors (Lipinski definition) is 10. The van der Waals surface area contributed by atoms with E-state index in [9.17, 15) is 37.5 Å². The van der Waals surface area contributed by atoms with Crippen LogP contribution in [0.15, 0.2) is 54.6 Å². The van der Waals surface area contributed by atoms with Crippen molar-refractivity contribution in [1.82, 2.24) is 24.8 Å². The van der Waals surface area contributed by atoms with Gasteiger partial charge in [-0.15, -0.1) is 0 Å². The molecule has 3 N–H and O–H groups in total. The third-order valence-electron chi connectivity index (χ3n) is 11.6. The molecule has 2 saturated carbocycles. The number of carbonyl (C=O) groups is 5. The number of phenolic OH excluding ortho intramolecular Hbond substituents is 1. The van der Waals surface area contributed by atoms with E-state index in [0.29, 0.717) is 43.4 Å². The van der Waals surface area contributed by atoms with Crippen molar-refractivity contribution in [2.45, 2.75) is 101 Å². The van der Waals surface area contributed by atoms with Crippen molar-refractivity contribution in [3.8, 4) is 17.0 Å². The van der Waals surface area contributed by atoms with Gasteiger partial charge in [-0.1, -0.05) is 31.1 Å². The van der Waals surface area contributed by atoms with Crippen molar-refractivity contribution in [3.63, 3.8) is 0 Å². The minimum absolute atomic E-state index is 0.106. The number of rotatable bonds is 7. The van der Waals surface area contributed by atoms with E-state index in [4.69, 9.17) is 4.74 Å². The van der Waals surface area contributed by atoms with Crippen molar-refractivity contribution in [3.05, 3.63) is 60.3 Å². The van der Waals surface area contributed by atoms with Gasteiger partial charge in [0, 0.05) is 48.9 Å². The Balaban J connectivity index is 1.18. The quantitative estimate of drug-likeness (QED) is 0.275. The van der Waals surface area contributed by atoms with Gasteiger partial charge in [-0.25, -0.2) is 13.4 Å². The molecule has 1 aromatic carbocycles. The molecule has 2 saturated heterocycles. The third kappa shape index (κ3) is 8.47. The summed E-state index contributed by atoms with van der Waals surface area (Å²) in [6.07, 6.45) is 8.19. The molecule has 1 aromatic heterocycles. The van der Waals surface area contributed by atoms with Gasteiger partial charge in [0.2, 0.25) is 21.8 Å². The zero-order valence-corrected chi connectivity index (χ0v) is 32.9. The van der Waals surface area contributed by atoms with Crippen molar-refractivity contribution < 1.29 is 42.2 Å². The van der Waals surface area contributed by atoms with E-state index >= 15 is 0 Å². The molecule has 5 aliphatic rings. The van der Waals surface area contributed by atoms with Gasteiger partial charge >= 0.3 is 5.97 Å². The number of pyridine rings is 1. The lowest BCUT2D eigenvalue weighted by Gasteiger charge is -2.33.